The van der Waals surface area contributed by atoms with Crippen molar-refractivity contribution in [1.82, 2.24) is 14.1 Å². The van der Waals surface area contributed by atoms with Crippen molar-refractivity contribution in [2.45, 2.75) is 78.6 Å². The van der Waals surface area contributed by atoms with Crippen molar-refractivity contribution in [3.8, 4) is 39.8 Å². The molecule has 0 fully saturated rings. The van der Waals surface area contributed by atoms with E-state index in [1.165, 1.54) is 27.8 Å². The summed E-state index contributed by atoms with van der Waals surface area (Å²) >= 11 is 0. The Morgan fingerprint density at radius 2 is 1.22 bits per heavy atom. The Hall–Kier alpha value is -5.77. The second-order valence-corrected chi connectivity index (χ2v) is 18.6. The second-order valence-electron chi connectivity index (χ2n) is 18.6. The van der Waals surface area contributed by atoms with Gasteiger partial charge in [0.25, 0.3) is 6.33 Å². The topological polar surface area (TPSA) is 35.9 Å². The number of aromatic nitrogens is 4. The normalized spacial score (nSPS) is 12.3. The Morgan fingerprint density at radius 3 is 1.98 bits per heavy atom. The number of para-hydroxylation sites is 4. The molecule has 0 saturated carbocycles. The minimum Gasteiger partial charge on any atom is -0.510 e. The van der Waals surface area contributed by atoms with Crippen molar-refractivity contribution < 1.29 is 30.4 Å². The molecular weight excluding hydrogens is 916 g/mol. The molecule has 5 nitrogen and oxygen atoms in total. The van der Waals surface area contributed by atoms with Crippen LogP contribution >= 0.6 is 0 Å². The summed E-state index contributed by atoms with van der Waals surface area (Å²) in [6.45, 7) is 20.4. The predicted molar refractivity (Wildman–Crippen MR) is 242 cm³/mol. The van der Waals surface area contributed by atoms with Gasteiger partial charge in [-0.2, -0.15) is 18.2 Å². The van der Waals surface area contributed by atoms with Crippen LogP contribution in [-0.2, 0) is 37.3 Å². The molecule has 0 N–H and O–H groups in total. The van der Waals surface area contributed by atoms with E-state index in [1.807, 2.05) is 24.4 Å². The molecule has 0 unspecified atom stereocenters. The Kier molecular flexibility index (Phi) is 10.5. The van der Waals surface area contributed by atoms with E-state index in [0.29, 0.717) is 11.5 Å². The van der Waals surface area contributed by atoms with Crippen molar-refractivity contribution in [1.29, 1.82) is 0 Å². The summed E-state index contributed by atoms with van der Waals surface area (Å²) in [6, 6.07) is 54.1. The van der Waals surface area contributed by atoms with E-state index in [9.17, 15) is 0 Å². The number of hydrogen-bond donors (Lipinski definition) is 0. The molecule has 0 saturated heterocycles. The summed E-state index contributed by atoms with van der Waals surface area (Å²) in [5.74, 6) is 2.04. The van der Waals surface area contributed by atoms with E-state index >= 15 is 0 Å². The van der Waals surface area contributed by atoms with Crippen LogP contribution in [-0.4, -0.2) is 14.1 Å². The molecule has 0 radical (unpaired) electrons. The summed E-state index contributed by atoms with van der Waals surface area (Å²) in [5.41, 5.74) is 12.0. The first-order chi connectivity index (χ1) is 28.2. The summed E-state index contributed by atoms with van der Waals surface area (Å²) in [4.78, 5) is 4.85. The number of rotatable bonds is 6. The quantitative estimate of drug-likeness (QED) is 0.123. The third-order valence-corrected chi connectivity index (χ3v) is 11.3. The molecule has 304 valence electrons. The van der Waals surface area contributed by atoms with Crippen LogP contribution < -0.4 is 9.30 Å². The predicted octanol–water partition coefficient (Wildman–Crippen LogP) is 13.1. The maximum atomic E-state index is 6.62. The van der Waals surface area contributed by atoms with Crippen molar-refractivity contribution in [3.05, 3.63) is 175 Å². The summed E-state index contributed by atoms with van der Waals surface area (Å²) < 4.78 is 13.2. The largest absolute Gasteiger partial charge is 0.510 e. The first-order valence-corrected chi connectivity index (χ1v) is 20.5. The molecular formula is C54H50N4OPt-2. The monoisotopic (exact) mass is 965 g/mol. The van der Waals surface area contributed by atoms with Crippen molar-refractivity contribution >= 4 is 32.8 Å². The fourth-order valence-corrected chi connectivity index (χ4v) is 8.31. The van der Waals surface area contributed by atoms with Crippen LogP contribution in [0.4, 0.5) is 0 Å². The zero-order chi connectivity index (χ0) is 41.3. The van der Waals surface area contributed by atoms with Gasteiger partial charge in [0.2, 0.25) is 0 Å². The minimum atomic E-state index is -0.138. The van der Waals surface area contributed by atoms with Crippen LogP contribution in [0.2, 0.25) is 0 Å². The first-order valence-electron chi connectivity index (χ1n) is 20.5. The Balaban J connectivity index is 0.00000499. The number of hydrogen-bond acceptors (Lipinski definition) is 2. The smallest absolute Gasteiger partial charge is 0.268 e. The zero-order valence-electron chi connectivity index (χ0n) is 35.8. The zero-order valence-corrected chi connectivity index (χ0v) is 38.1. The third kappa shape index (κ3) is 7.39. The SMILES string of the molecule is CC(C)(C)c1ccnc(-n2c3[c-]c(Oc4[c-]c(-n5[c-][n+](-c6c(-c7ccccc7C(C)(C)C)cccc6C(C)(C)C)c6ccccc65)ccc4)ccc3c3ccccc32)c1.[Pt]. The molecule has 3 aromatic heterocycles. The fourth-order valence-electron chi connectivity index (χ4n) is 8.31. The van der Waals surface area contributed by atoms with E-state index in [4.69, 9.17) is 9.72 Å². The van der Waals surface area contributed by atoms with Gasteiger partial charge in [0.05, 0.1) is 16.7 Å². The molecule has 0 aliphatic rings. The van der Waals surface area contributed by atoms with Gasteiger partial charge in [-0.25, -0.2) is 4.98 Å². The van der Waals surface area contributed by atoms with Crippen LogP contribution in [0, 0.1) is 18.5 Å². The summed E-state index contributed by atoms with van der Waals surface area (Å²) in [7, 11) is 0. The summed E-state index contributed by atoms with van der Waals surface area (Å²) in [6.07, 6.45) is 5.70. The average molecular weight is 966 g/mol. The molecule has 60 heavy (non-hydrogen) atoms. The fraction of sp³-hybridized carbons (Fsp3) is 0.222. The molecule has 9 aromatic rings. The molecule has 6 heteroatoms. The number of ether oxygens (including phenoxy) is 1. The Morgan fingerprint density at radius 1 is 0.567 bits per heavy atom. The molecule has 9 rings (SSSR count). The molecule has 0 amide bonds. The van der Waals surface area contributed by atoms with Crippen molar-refractivity contribution in [3.63, 3.8) is 0 Å². The van der Waals surface area contributed by atoms with E-state index in [-0.39, 0.29) is 37.3 Å². The van der Waals surface area contributed by atoms with Gasteiger partial charge in [-0.05, 0) is 73.3 Å². The number of benzene rings is 6. The average Bonchev–Trinajstić information content (AvgIpc) is 3.76. The molecule has 0 atom stereocenters. The van der Waals surface area contributed by atoms with Crippen LogP contribution in [0.1, 0.15) is 79.0 Å². The number of nitrogens with zero attached hydrogens (tertiary/aromatic N) is 4. The molecule has 0 aliphatic heterocycles. The number of pyridine rings is 1. The standard InChI is InChI=1S/C54H50N4O.Pt/c1-52(2,3)36-30-31-55-50(32-36)58-46-25-13-11-21-41(46)42-29-28-39(34-49(42)58)59-38-19-16-18-37(33-38)56-35-57(48-27-15-14-26-47(48)56)51-43(22-17-24-45(51)54(7,8)9)40-20-10-12-23-44(40)53(4,5)6;/h10-32H,1-9H3;/q-2;. The molecule has 3 heterocycles. The van der Waals surface area contributed by atoms with Gasteiger partial charge >= 0.3 is 0 Å². The molecule has 6 aromatic carbocycles. The van der Waals surface area contributed by atoms with Gasteiger partial charge in [0.1, 0.15) is 5.82 Å². The first kappa shape index (κ1) is 41.0. The van der Waals surface area contributed by atoms with E-state index in [1.54, 1.807) is 0 Å². The maximum absolute atomic E-state index is 6.62. The van der Waals surface area contributed by atoms with Gasteiger partial charge in [-0.15, -0.1) is 29.7 Å². The van der Waals surface area contributed by atoms with Gasteiger partial charge < -0.3 is 13.9 Å². The Labute approximate surface area is 368 Å². The van der Waals surface area contributed by atoms with Crippen LogP contribution in [0.15, 0.2) is 140 Å². The van der Waals surface area contributed by atoms with E-state index in [0.717, 1.165) is 50.0 Å². The maximum Gasteiger partial charge on any atom is 0.268 e. The van der Waals surface area contributed by atoms with Crippen molar-refractivity contribution in [2.24, 2.45) is 0 Å². The van der Waals surface area contributed by atoms with Gasteiger partial charge in [-0.3, -0.25) is 4.57 Å². The molecule has 0 spiro atoms. The van der Waals surface area contributed by atoms with Gasteiger partial charge in [0.15, 0.2) is 0 Å². The van der Waals surface area contributed by atoms with Gasteiger partial charge in [0, 0.05) is 44.3 Å². The Bertz CT molecular complexity index is 3040. The van der Waals surface area contributed by atoms with Crippen LogP contribution in [0.5, 0.6) is 11.5 Å². The number of fused-ring (bicyclic) bond motifs is 4. The number of imidazole rings is 1. The van der Waals surface area contributed by atoms with Crippen LogP contribution in [0.3, 0.4) is 0 Å². The van der Waals surface area contributed by atoms with Crippen molar-refractivity contribution in [2.75, 3.05) is 0 Å². The van der Waals surface area contributed by atoms with Crippen LogP contribution in [0.25, 0.3) is 61.2 Å². The second kappa shape index (κ2) is 15.4. The van der Waals surface area contributed by atoms with Gasteiger partial charge in [-0.1, -0.05) is 153 Å². The summed E-state index contributed by atoms with van der Waals surface area (Å²) in [5, 5.41) is 2.23. The third-order valence-electron chi connectivity index (χ3n) is 11.3. The van der Waals surface area contributed by atoms with E-state index in [2.05, 4.69) is 210 Å². The molecule has 0 aliphatic carbocycles. The van der Waals surface area contributed by atoms with E-state index < -0.39 is 0 Å². The molecule has 0 bridgehead atoms. The minimum absolute atomic E-state index is 0.